The first-order valence-electron chi connectivity index (χ1n) is 11.6. The van der Waals surface area contributed by atoms with Crippen LogP contribution in [0.1, 0.15) is 58.4 Å². The van der Waals surface area contributed by atoms with Gasteiger partial charge in [-0.1, -0.05) is 0 Å². The van der Waals surface area contributed by atoms with Gasteiger partial charge < -0.3 is 9.47 Å². The van der Waals surface area contributed by atoms with Gasteiger partial charge in [0, 0.05) is 34.7 Å². The van der Waals surface area contributed by atoms with Crippen LogP contribution in [0.15, 0.2) is 35.0 Å². The van der Waals surface area contributed by atoms with E-state index in [0.717, 1.165) is 9.80 Å². The van der Waals surface area contributed by atoms with Gasteiger partial charge in [0.1, 0.15) is 23.3 Å². The lowest BCUT2D eigenvalue weighted by Crippen LogP contribution is -2.35. The number of amides is 4. The molecule has 0 spiro atoms. The molecule has 4 atom stereocenters. The fourth-order valence-corrected chi connectivity index (χ4v) is 7.94. The minimum atomic E-state index is -1.03. The second-order valence-corrected chi connectivity index (χ2v) is 11.3. The van der Waals surface area contributed by atoms with Crippen LogP contribution in [0.4, 0.5) is 11.4 Å². The van der Waals surface area contributed by atoms with Gasteiger partial charge in [0.15, 0.2) is 0 Å². The zero-order valence-electron chi connectivity index (χ0n) is 19.8. The first kappa shape index (κ1) is 23.0. The number of fused-ring (bicyclic) bond motifs is 4. The van der Waals surface area contributed by atoms with Gasteiger partial charge in [-0.15, -0.1) is 22.7 Å². The molecule has 0 saturated carbocycles. The number of anilines is 2. The highest BCUT2D eigenvalue weighted by Crippen LogP contribution is 2.57. The summed E-state index contributed by atoms with van der Waals surface area (Å²) >= 11 is 2.54. The smallest absolute Gasteiger partial charge is 0.320 e. The maximum atomic E-state index is 13.3. The summed E-state index contributed by atoms with van der Waals surface area (Å²) in [5.41, 5.74) is 1.64. The molecular formula is C26H16N2O8S2. The van der Waals surface area contributed by atoms with Gasteiger partial charge in [0.2, 0.25) is 23.6 Å². The Morgan fingerprint density at radius 1 is 0.684 bits per heavy atom. The number of nitrogens with zero attached hydrogens (tertiary/aromatic N) is 2. The Morgan fingerprint density at radius 2 is 1.08 bits per heavy atom. The third-order valence-electron chi connectivity index (χ3n) is 7.40. The number of carbonyl (C=O) groups excluding carboxylic acids is 6. The van der Waals surface area contributed by atoms with Crippen LogP contribution >= 0.6 is 22.7 Å². The second kappa shape index (κ2) is 7.68. The van der Waals surface area contributed by atoms with Crippen molar-refractivity contribution in [1.29, 1.82) is 0 Å². The summed E-state index contributed by atoms with van der Waals surface area (Å²) < 4.78 is 11.2. The lowest BCUT2D eigenvalue weighted by molar-refractivity contribution is -0.137. The Morgan fingerprint density at radius 3 is 1.45 bits per heavy atom. The van der Waals surface area contributed by atoms with Crippen LogP contribution < -0.4 is 19.3 Å². The van der Waals surface area contributed by atoms with Gasteiger partial charge in [-0.25, -0.2) is 9.80 Å². The van der Waals surface area contributed by atoms with Crippen molar-refractivity contribution in [3.63, 3.8) is 0 Å². The molecule has 6 heterocycles. The summed E-state index contributed by atoms with van der Waals surface area (Å²) in [5.74, 6) is -6.92. The number of rotatable bonds is 2. The molecule has 4 aliphatic rings. The van der Waals surface area contributed by atoms with Crippen molar-refractivity contribution in [2.24, 2.45) is 0 Å². The Labute approximate surface area is 222 Å². The number of carbonyl (C=O) groups is 6. The first-order valence-corrected chi connectivity index (χ1v) is 13.4. The van der Waals surface area contributed by atoms with Crippen LogP contribution in [0.3, 0.4) is 0 Å². The zero-order valence-corrected chi connectivity index (χ0v) is 21.4. The summed E-state index contributed by atoms with van der Waals surface area (Å²) in [6.45, 7) is 2.57. The maximum absolute atomic E-state index is 13.3. The molecule has 4 unspecified atom stereocenters. The lowest BCUT2D eigenvalue weighted by Gasteiger charge is -2.17. The Kier molecular flexibility index (Phi) is 4.65. The molecule has 190 valence electrons. The SMILES string of the molecule is CC(=O)N1C(=O)C(C2C(=O)Oc3cc4c(cc32)OC(=O)C4C2C(=O)N(C(C)=O)c3ccsc32)c2sccc21. The quantitative estimate of drug-likeness (QED) is 0.353. The van der Waals surface area contributed by atoms with Crippen LogP contribution in [0, 0.1) is 0 Å². The number of esters is 2. The average molecular weight is 549 g/mol. The topological polar surface area (TPSA) is 127 Å². The van der Waals surface area contributed by atoms with Crippen LogP contribution in [-0.2, 0) is 28.8 Å². The van der Waals surface area contributed by atoms with E-state index in [1.165, 1.54) is 48.7 Å². The molecule has 7 rings (SSSR count). The van der Waals surface area contributed by atoms with E-state index in [4.69, 9.17) is 9.47 Å². The monoisotopic (exact) mass is 548 g/mol. The summed E-state index contributed by atoms with van der Waals surface area (Å²) in [4.78, 5) is 80.5. The van der Waals surface area contributed by atoms with Crippen LogP contribution in [-0.4, -0.2) is 35.6 Å². The Balaban J connectivity index is 1.31. The number of thiophene rings is 2. The van der Waals surface area contributed by atoms with E-state index in [1.54, 1.807) is 22.9 Å². The van der Waals surface area contributed by atoms with E-state index in [9.17, 15) is 28.8 Å². The molecule has 0 radical (unpaired) electrons. The predicted molar refractivity (Wildman–Crippen MR) is 134 cm³/mol. The third-order valence-corrected chi connectivity index (χ3v) is 9.38. The highest BCUT2D eigenvalue weighted by atomic mass is 32.1. The minimum absolute atomic E-state index is 0.162. The predicted octanol–water partition coefficient (Wildman–Crippen LogP) is 3.17. The van der Waals surface area contributed by atoms with Gasteiger partial charge in [0.05, 0.1) is 23.2 Å². The average Bonchev–Trinajstić information content (AvgIpc) is 3.65. The van der Waals surface area contributed by atoms with Crippen molar-refractivity contribution in [1.82, 2.24) is 0 Å². The standard InChI is InChI=1S/C26H16N2O8S2/c1-9(29)27-13-3-5-37-21(13)19(23(27)31)17-11-7-16-12(8-15(11)35-25(17)33)18(26(34)36-16)20-22-14(4-6-38-22)28(10(2)30)24(20)32/h3-8,17-20H,1-2H3. The Bertz CT molecular complexity index is 1550. The first-order chi connectivity index (χ1) is 18.2. The molecular weight excluding hydrogens is 532 g/mol. The highest BCUT2D eigenvalue weighted by Gasteiger charge is 2.55. The summed E-state index contributed by atoms with van der Waals surface area (Å²) in [7, 11) is 0. The summed E-state index contributed by atoms with van der Waals surface area (Å²) in [5, 5.41) is 3.50. The van der Waals surface area contributed by atoms with E-state index >= 15 is 0 Å². The zero-order chi connectivity index (χ0) is 26.6. The molecule has 10 nitrogen and oxygen atoms in total. The van der Waals surface area contributed by atoms with Crippen molar-refractivity contribution < 1.29 is 38.2 Å². The second-order valence-electron chi connectivity index (χ2n) is 9.41. The number of hydrogen-bond donors (Lipinski definition) is 0. The normalized spacial score (nSPS) is 24.8. The van der Waals surface area contributed by atoms with Gasteiger partial charge in [-0.2, -0.15) is 0 Å². The van der Waals surface area contributed by atoms with Gasteiger partial charge in [0.25, 0.3) is 0 Å². The molecule has 2 aromatic heterocycles. The van der Waals surface area contributed by atoms with Crippen LogP contribution in [0.5, 0.6) is 11.5 Å². The Hall–Kier alpha value is -4.16. The largest absolute Gasteiger partial charge is 0.426 e. The molecule has 0 N–H and O–H groups in total. The molecule has 4 aliphatic heterocycles. The summed E-state index contributed by atoms with van der Waals surface area (Å²) in [6.07, 6.45) is 0. The van der Waals surface area contributed by atoms with Crippen molar-refractivity contribution in [2.45, 2.75) is 37.5 Å². The van der Waals surface area contributed by atoms with Gasteiger partial charge in [-0.3, -0.25) is 28.8 Å². The van der Waals surface area contributed by atoms with E-state index in [0.29, 0.717) is 32.3 Å². The molecule has 4 amide bonds. The van der Waals surface area contributed by atoms with E-state index in [2.05, 4.69) is 0 Å². The summed E-state index contributed by atoms with van der Waals surface area (Å²) in [6, 6.07) is 6.34. The van der Waals surface area contributed by atoms with E-state index in [1.807, 2.05) is 0 Å². The van der Waals surface area contributed by atoms with Gasteiger partial charge in [-0.05, 0) is 35.0 Å². The fraction of sp³-hybridized carbons (Fsp3) is 0.231. The maximum Gasteiger partial charge on any atom is 0.320 e. The molecule has 1 aromatic carbocycles. The fourth-order valence-electron chi connectivity index (χ4n) is 5.92. The van der Waals surface area contributed by atoms with Crippen molar-refractivity contribution >= 4 is 69.6 Å². The van der Waals surface area contributed by atoms with Crippen LogP contribution in [0.2, 0.25) is 0 Å². The lowest BCUT2D eigenvalue weighted by atomic mass is 9.83. The van der Waals surface area contributed by atoms with Crippen LogP contribution in [0.25, 0.3) is 0 Å². The molecule has 0 fully saturated rings. The molecule has 0 bridgehead atoms. The molecule has 3 aromatic rings. The van der Waals surface area contributed by atoms with Crippen molar-refractivity contribution in [3.8, 4) is 11.5 Å². The van der Waals surface area contributed by atoms with Crippen molar-refractivity contribution in [3.05, 3.63) is 55.9 Å². The van der Waals surface area contributed by atoms with E-state index in [-0.39, 0.29) is 11.5 Å². The van der Waals surface area contributed by atoms with Crippen molar-refractivity contribution in [2.75, 3.05) is 9.80 Å². The minimum Gasteiger partial charge on any atom is -0.426 e. The number of benzene rings is 1. The van der Waals surface area contributed by atoms with Gasteiger partial charge >= 0.3 is 11.9 Å². The highest BCUT2D eigenvalue weighted by molar-refractivity contribution is 7.11. The molecule has 0 aliphatic carbocycles. The molecule has 12 heteroatoms. The number of hydrogen-bond acceptors (Lipinski definition) is 10. The molecule has 38 heavy (non-hydrogen) atoms. The van der Waals surface area contributed by atoms with E-state index < -0.39 is 59.2 Å². The number of ether oxygens (including phenoxy) is 2. The third kappa shape index (κ3) is 2.81. The molecule has 0 saturated heterocycles. The number of imide groups is 2.